The van der Waals surface area contributed by atoms with E-state index >= 15 is 0 Å². The van der Waals surface area contributed by atoms with Crippen LogP contribution in [0, 0.1) is 5.82 Å². The van der Waals surface area contributed by atoms with Crippen molar-refractivity contribution in [1.82, 2.24) is 4.98 Å². The fraction of sp³-hybridized carbons (Fsp3) is 0.200. The number of nitrogens with zero attached hydrogens (tertiary/aromatic N) is 1. The van der Waals surface area contributed by atoms with Crippen LogP contribution < -0.4 is 5.32 Å². The third-order valence-electron chi connectivity index (χ3n) is 3.51. The van der Waals surface area contributed by atoms with Gasteiger partial charge in [0, 0.05) is 12.2 Å². The molecule has 0 aliphatic heterocycles. The number of aromatic nitrogens is 1. The quantitative estimate of drug-likeness (QED) is 0.901. The normalized spacial score (nSPS) is 14.1. The van der Waals surface area contributed by atoms with E-state index in [1.165, 1.54) is 17.3 Å². The predicted octanol–water partition coefficient (Wildman–Crippen LogP) is 2.50. The molecule has 0 radical (unpaired) electrons. The van der Waals surface area contributed by atoms with Crippen molar-refractivity contribution < 1.29 is 14.3 Å². The molecule has 0 spiro atoms. The summed E-state index contributed by atoms with van der Waals surface area (Å²) in [6, 6.07) is 9.25. The lowest BCUT2D eigenvalue weighted by molar-refractivity contribution is 0.0692. The van der Waals surface area contributed by atoms with Crippen LogP contribution in [0.5, 0.6) is 0 Å². The molecule has 0 atom stereocenters. The Kier molecular flexibility index (Phi) is 3.10. The van der Waals surface area contributed by atoms with E-state index in [0.29, 0.717) is 0 Å². The molecule has 1 aliphatic rings. The maximum absolute atomic E-state index is 14.0. The maximum atomic E-state index is 14.0. The second kappa shape index (κ2) is 4.92. The smallest absolute Gasteiger partial charge is 0.338 e. The van der Waals surface area contributed by atoms with Gasteiger partial charge in [-0.1, -0.05) is 24.3 Å². The summed E-state index contributed by atoms with van der Waals surface area (Å²) in [5.41, 5.74) is 2.11. The molecule has 0 amide bonds. The summed E-state index contributed by atoms with van der Waals surface area (Å²) in [4.78, 5) is 14.8. The largest absolute Gasteiger partial charge is 0.478 e. The lowest BCUT2D eigenvalue weighted by atomic mass is 10.1. The molecule has 2 aromatic rings. The lowest BCUT2D eigenvalue weighted by Crippen LogP contribution is -2.21. The number of benzene rings is 1. The average molecular weight is 272 g/mol. The van der Waals surface area contributed by atoms with Gasteiger partial charge < -0.3 is 10.4 Å². The molecule has 1 heterocycles. The second-order valence-corrected chi connectivity index (χ2v) is 4.84. The summed E-state index contributed by atoms with van der Waals surface area (Å²) in [7, 11) is 0. The summed E-state index contributed by atoms with van der Waals surface area (Å²) in [5.74, 6) is -2.10. The number of carboxylic acids is 1. The van der Waals surface area contributed by atoms with Crippen LogP contribution in [0.25, 0.3) is 0 Å². The number of pyridine rings is 1. The zero-order chi connectivity index (χ0) is 14.1. The molecular weight excluding hydrogens is 259 g/mol. The fourth-order valence-corrected chi connectivity index (χ4v) is 2.56. The highest BCUT2D eigenvalue weighted by Crippen LogP contribution is 2.25. The number of carboxylic acid groups (broad SMARTS) is 1. The first-order chi connectivity index (χ1) is 9.65. The van der Waals surface area contributed by atoms with Crippen molar-refractivity contribution in [3.8, 4) is 0 Å². The van der Waals surface area contributed by atoms with Gasteiger partial charge in [0.05, 0.1) is 0 Å². The molecule has 0 saturated carbocycles. The molecular formula is C15H13FN2O2. The van der Waals surface area contributed by atoms with Crippen LogP contribution in [-0.2, 0) is 12.8 Å². The lowest BCUT2D eigenvalue weighted by Gasteiger charge is -2.13. The zero-order valence-corrected chi connectivity index (χ0v) is 10.6. The molecule has 3 rings (SSSR count). The van der Waals surface area contributed by atoms with Gasteiger partial charge in [0.2, 0.25) is 0 Å². The second-order valence-electron chi connectivity index (χ2n) is 4.84. The fourth-order valence-electron chi connectivity index (χ4n) is 2.56. The molecule has 1 aliphatic carbocycles. The van der Waals surface area contributed by atoms with E-state index in [4.69, 9.17) is 5.11 Å². The first-order valence-electron chi connectivity index (χ1n) is 6.36. The van der Waals surface area contributed by atoms with Crippen molar-refractivity contribution in [3.05, 3.63) is 59.0 Å². The third-order valence-corrected chi connectivity index (χ3v) is 3.51. The van der Waals surface area contributed by atoms with Crippen molar-refractivity contribution >= 4 is 11.8 Å². The number of hydrogen-bond donors (Lipinski definition) is 2. The maximum Gasteiger partial charge on any atom is 0.338 e. The summed E-state index contributed by atoms with van der Waals surface area (Å²) >= 11 is 0. The monoisotopic (exact) mass is 272 g/mol. The van der Waals surface area contributed by atoms with Gasteiger partial charge in [-0.05, 0) is 30.0 Å². The Morgan fingerprint density at radius 3 is 2.50 bits per heavy atom. The molecule has 4 nitrogen and oxygen atoms in total. The first-order valence-corrected chi connectivity index (χ1v) is 6.36. The van der Waals surface area contributed by atoms with Crippen LogP contribution in [0.2, 0.25) is 0 Å². The van der Waals surface area contributed by atoms with E-state index < -0.39 is 11.8 Å². The molecule has 102 valence electrons. The Bertz CT molecular complexity index is 648. The molecule has 2 N–H and O–H groups in total. The molecule has 20 heavy (non-hydrogen) atoms. The Hall–Kier alpha value is -2.43. The van der Waals surface area contributed by atoms with Crippen LogP contribution in [0.1, 0.15) is 21.5 Å². The van der Waals surface area contributed by atoms with Gasteiger partial charge in [0.25, 0.3) is 0 Å². The predicted molar refractivity (Wildman–Crippen MR) is 72.4 cm³/mol. The van der Waals surface area contributed by atoms with Gasteiger partial charge >= 0.3 is 5.97 Å². The Labute approximate surface area is 115 Å². The summed E-state index contributed by atoms with van der Waals surface area (Å²) < 4.78 is 14.0. The molecule has 5 heteroatoms. The molecule has 0 fully saturated rings. The number of halogens is 1. The Morgan fingerprint density at radius 2 is 1.90 bits per heavy atom. The van der Waals surface area contributed by atoms with Gasteiger partial charge in [-0.25, -0.2) is 14.2 Å². The van der Waals surface area contributed by atoms with Crippen molar-refractivity contribution in [1.29, 1.82) is 0 Å². The first kappa shape index (κ1) is 12.6. The van der Waals surface area contributed by atoms with Gasteiger partial charge in [-0.3, -0.25) is 0 Å². The van der Waals surface area contributed by atoms with Gasteiger partial charge in [-0.15, -0.1) is 0 Å². The molecule has 1 aromatic heterocycles. The highest BCUT2D eigenvalue weighted by atomic mass is 19.1. The number of fused-ring (bicyclic) bond motifs is 1. The topological polar surface area (TPSA) is 62.2 Å². The minimum Gasteiger partial charge on any atom is -0.478 e. The molecule has 0 unspecified atom stereocenters. The Balaban J connectivity index is 1.81. The molecule has 0 saturated heterocycles. The number of hydrogen-bond acceptors (Lipinski definition) is 3. The number of rotatable bonds is 3. The van der Waals surface area contributed by atoms with Gasteiger partial charge in [0.1, 0.15) is 5.56 Å². The zero-order valence-electron chi connectivity index (χ0n) is 10.6. The summed E-state index contributed by atoms with van der Waals surface area (Å²) in [6.45, 7) is 0. The van der Waals surface area contributed by atoms with E-state index in [1.54, 1.807) is 0 Å². The SMILES string of the molecule is O=C(O)c1ccnc(NC2Cc3ccccc3C2)c1F. The van der Waals surface area contributed by atoms with Crippen molar-refractivity contribution in [3.63, 3.8) is 0 Å². The number of anilines is 1. The standard InChI is InChI=1S/C15H13FN2O2/c16-13-12(15(19)20)5-6-17-14(13)18-11-7-9-3-1-2-4-10(9)8-11/h1-6,11H,7-8H2,(H,17,18)(H,19,20). The number of nitrogens with one attached hydrogen (secondary N) is 1. The van der Waals surface area contributed by atoms with Crippen molar-refractivity contribution in [2.75, 3.05) is 5.32 Å². The highest BCUT2D eigenvalue weighted by molar-refractivity contribution is 5.88. The van der Waals surface area contributed by atoms with Gasteiger partial charge in [0.15, 0.2) is 11.6 Å². The number of carbonyl (C=O) groups is 1. The molecule has 0 bridgehead atoms. The van der Waals surface area contributed by atoms with E-state index in [2.05, 4.69) is 22.4 Å². The van der Waals surface area contributed by atoms with Crippen LogP contribution in [0.15, 0.2) is 36.5 Å². The highest BCUT2D eigenvalue weighted by Gasteiger charge is 2.23. The minimum absolute atomic E-state index is 0.00251. The van der Waals surface area contributed by atoms with Gasteiger partial charge in [-0.2, -0.15) is 0 Å². The van der Waals surface area contributed by atoms with Crippen LogP contribution in [-0.4, -0.2) is 22.1 Å². The molecule has 1 aromatic carbocycles. The van der Waals surface area contributed by atoms with Crippen LogP contribution in [0.4, 0.5) is 10.2 Å². The van der Waals surface area contributed by atoms with Crippen molar-refractivity contribution in [2.24, 2.45) is 0 Å². The van der Waals surface area contributed by atoms with E-state index in [0.717, 1.165) is 18.9 Å². The van der Waals surface area contributed by atoms with E-state index in [9.17, 15) is 9.18 Å². The van der Waals surface area contributed by atoms with Crippen molar-refractivity contribution in [2.45, 2.75) is 18.9 Å². The average Bonchev–Trinajstić information content (AvgIpc) is 2.83. The minimum atomic E-state index is -1.29. The number of aromatic carboxylic acids is 1. The van der Waals surface area contributed by atoms with Crippen LogP contribution in [0.3, 0.4) is 0 Å². The Morgan fingerprint density at radius 1 is 1.25 bits per heavy atom. The third kappa shape index (κ3) is 2.22. The van der Waals surface area contributed by atoms with E-state index in [-0.39, 0.29) is 17.4 Å². The summed E-state index contributed by atoms with van der Waals surface area (Å²) in [6.07, 6.45) is 2.88. The van der Waals surface area contributed by atoms with Crippen LogP contribution >= 0.6 is 0 Å². The summed E-state index contributed by atoms with van der Waals surface area (Å²) in [5, 5.41) is 11.9. The van der Waals surface area contributed by atoms with E-state index in [1.807, 2.05) is 12.1 Å².